The molecule has 0 fully saturated rings. The van der Waals surface area contributed by atoms with Gasteiger partial charge < -0.3 is 20.9 Å². The topological polar surface area (TPSA) is 119 Å². The summed E-state index contributed by atoms with van der Waals surface area (Å²) < 4.78 is 4.92. The summed E-state index contributed by atoms with van der Waals surface area (Å²) in [4.78, 5) is 33.0. The Labute approximate surface area is 106 Å². The van der Waals surface area contributed by atoms with Crippen molar-refractivity contribution in [3.63, 3.8) is 0 Å². The third-order valence-electron chi connectivity index (χ3n) is 2.07. The molecule has 0 saturated carbocycles. The van der Waals surface area contributed by atoms with E-state index in [1.807, 2.05) is 0 Å². The zero-order valence-electron chi connectivity index (χ0n) is 10.8. The molecular formula is C11H20N2O5. The highest BCUT2D eigenvalue weighted by molar-refractivity contribution is 5.86. The molecule has 0 saturated heterocycles. The molecule has 104 valence electrons. The molecule has 7 heteroatoms. The number of amides is 1. The van der Waals surface area contributed by atoms with Crippen LogP contribution in [-0.4, -0.2) is 41.6 Å². The van der Waals surface area contributed by atoms with Gasteiger partial charge in [-0.25, -0.2) is 0 Å². The van der Waals surface area contributed by atoms with Crippen LogP contribution in [0.5, 0.6) is 0 Å². The first-order chi connectivity index (χ1) is 8.23. The van der Waals surface area contributed by atoms with Gasteiger partial charge in [0.25, 0.3) is 0 Å². The minimum atomic E-state index is -1.14. The molecule has 0 bridgehead atoms. The number of carboxylic acids is 1. The SMILES string of the molecule is CC(C)C(=O)OC[C@H](C)NC(=O)[C@H](N)CC(=O)O. The highest BCUT2D eigenvalue weighted by Crippen LogP contribution is 1.97. The van der Waals surface area contributed by atoms with Gasteiger partial charge in [-0.1, -0.05) is 13.8 Å². The number of carbonyl (C=O) groups excluding carboxylic acids is 2. The van der Waals surface area contributed by atoms with Gasteiger partial charge >= 0.3 is 11.9 Å². The molecule has 0 radical (unpaired) electrons. The number of nitrogens with two attached hydrogens (primary N) is 1. The van der Waals surface area contributed by atoms with Crippen molar-refractivity contribution in [3.05, 3.63) is 0 Å². The summed E-state index contributed by atoms with van der Waals surface area (Å²) in [6, 6.07) is -1.52. The molecular weight excluding hydrogens is 240 g/mol. The second kappa shape index (κ2) is 7.65. The summed E-state index contributed by atoms with van der Waals surface area (Å²) in [6.45, 7) is 5.07. The van der Waals surface area contributed by atoms with Crippen molar-refractivity contribution >= 4 is 17.8 Å². The van der Waals surface area contributed by atoms with E-state index in [9.17, 15) is 14.4 Å². The molecule has 0 unspecified atom stereocenters. The van der Waals surface area contributed by atoms with Gasteiger partial charge in [-0.05, 0) is 6.92 Å². The molecule has 0 aliphatic heterocycles. The smallest absolute Gasteiger partial charge is 0.308 e. The number of carbonyl (C=O) groups is 3. The van der Waals surface area contributed by atoms with Crippen LogP contribution in [0.25, 0.3) is 0 Å². The van der Waals surface area contributed by atoms with Gasteiger partial charge in [0.15, 0.2) is 0 Å². The lowest BCUT2D eigenvalue weighted by molar-refractivity contribution is -0.148. The number of aliphatic carboxylic acids is 1. The predicted octanol–water partition coefficient (Wildman–Crippen LogP) is -0.508. The van der Waals surface area contributed by atoms with Crippen LogP contribution in [0.4, 0.5) is 0 Å². The molecule has 7 nitrogen and oxygen atoms in total. The molecule has 0 aromatic rings. The van der Waals surface area contributed by atoms with Gasteiger partial charge in [0.1, 0.15) is 6.61 Å². The van der Waals surface area contributed by atoms with Crippen LogP contribution < -0.4 is 11.1 Å². The molecule has 0 aromatic heterocycles. The molecule has 4 N–H and O–H groups in total. The lowest BCUT2D eigenvalue weighted by Crippen LogP contribution is -2.47. The number of hydrogen-bond donors (Lipinski definition) is 3. The average Bonchev–Trinajstić information content (AvgIpc) is 2.24. The number of rotatable bonds is 7. The van der Waals surface area contributed by atoms with Crippen LogP contribution in [0.3, 0.4) is 0 Å². The number of nitrogens with one attached hydrogen (secondary N) is 1. The van der Waals surface area contributed by atoms with E-state index < -0.39 is 30.4 Å². The quantitative estimate of drug-likeness (QED) is 0.530. The van der Waals surface area contributed by atoms with Crippen LogP contribution in [-0.2, 0) is 19.1 Å². The molecule has 2 atom stereocenters. The van der Waals surface area contributed by atoms with Gasteiger partial charge in [-0.2, -0.15) is 0 Å². The molecule has 0 spiro atoms. The van der Waals surface area contributed by atoms with E-state index in [0.717, 1.165) is 0 Å². The number of carboxylic acid groups (broad SMARTS) is 1. The lowest BCUT2D eigenvalue weighted by atomic mass is 10.2. The Hall–Kier alpha value is -1.63. The fraction of sp³-hybridized carbons (Fsp3) is 0.727. The van der Waals surface area contributed by atoms with Crippen molar-refractivity contribution in [2.24, 2.45) is 11.7 Å². The maximum absolute atomic E-state index is 11.4. The second-order valence-corrected chi connectivity index (χ2v) is 4.40. The van der Waals surface area contributed by atoms with Crippen molar-refractivity contribution in [1.29, 1.82) is 0 Å². The van der Waals surface area contributed by atoms with E-state index in [0.29, 0.717) is 0 Å². The third-order valence-corrected chi connectivity index (χ3v) is 2.07. The molecule has 1 amide bonds. The van der Waals surface area contributed by atoms with Crippen molar-refractivity contribution in [2.45, 2.75) is 39.3 Å². The van der Waals surface area contributed by atoms with Gasteiger partial charge in [0, 0.05) is 0 Å². The van der Waals surface area contributed by atoms with E-state index in [2.05, 4.69) is 5.32 Å². The van der Waals surface area contributed by atoms with Crippen molar-refractivity contribution < 1.29 is 24.2 Å². The molecule has 0 rings (SSSR count). The van der Waals surface area contributed by atoms with Crippen molar-refractivity contribution in [3.8, 4) is 0 Å². The molecule has 0 aromatic carbocycles. The summed E-state index contributed by atoms with van der Waals surface area (Å²) in [5.74, 6) is -2.31. The van der Waals surface area contributed by atoms with E-state index >= 15 is 0 Å². The molecule has 18 heavy (non-hydrogen) atoms. The normalized spacial score (nSPS) is 13.8. The first kappa shape index (κ1) is 16.4. The summed E-state index contributed by atoms with van der Waals surface area (Å²) >= 11 is 0. The monoisotopic (exact) mass is 260 g/mol. The summed E-state index contributed by atoms with van der Waals surface area (Å²) in [5, 5.41) is 10.9. The highest BCUT2D eigenvalue weighted by Gasteiger charge is 2.19. The molecule has 0 aliphatic rings. The van der Waals surface area contributed by atoms with Crippen LogP contribution in [0.2, 0.25) is 0 Å². The fourth-order valence-corrected chi connectivity index (χ4v) is 1.05. The van der Waals surface area contributed by atoms with Crippen LogP contribution in [0.1, 0.15) is 27.2 Å². The number of ether oxygens (including phenoxy) is 1. The molecule has 0 aliphatic carbocycles. The minimum absolute atomic E-state index is 0.0303. The van der Waals surface area contributed by atoms with E-state index in [4.69, 9.17) is 15.6 Å². The van der Waals surface area contributed by atoms with Crippen LogP contribution >= 0.6 is 0 Å². The van der Waals surface area contributed by atoms with E-state index in [1.165, 1.54) is 0 Å². The van der Waals surface area contributed by atoms with Gasteiger partial charge in [-0.15, -0.1) is 0 Å². The third kappa shape index (κ3) is 6.85. The molecule has 0 heterocycles. The number of esters is 1. The second-order valence-electron chi connectivity index (χ2n) is 4.40. The Kier molecular flexibility index (Phi) is 6.96. The van der Waals surface area contributed by atoms with Gasteiger partial charge in [-0.3, -0.25) is 14.4 Å². The van der Waals surface area contributed by atoms with Gasteiger partial charge in [0.2, 0.25) is 5.91 Å². The van der Waals surface area contributed by atoms with E-state index in [-0.39, 0.29) is 18.5 Å². The standard InChI is InChI=1S/C11H20N2O5/c1-6(2)11(17)18-5-7(3)13-10(16)8(12)4-9(14)15/h6-8H,4-5,12H2,1-3H3,(H,13,16)(H,14,15)/t7-,8+/m0/s1. The summed E-state index contributed by atoms with van der Waals surface area (Å²) in [7, 11) is 0. The Morgan fingerprint density at radius 3 is 2.28 bits per heavy atom. The summed E-state index contributed by atoms with van der Waals surface area (Å²) in [5.41, 5.74) is 5.37. The largest absolute Gasteiger partial charge is 0.481 e. The predicted molar refractivity (Wildman–Crippen MR) is 63.6 cm³/mol. The van der Waals surface area contributed by atoms with Crippen molar-refractivity contribution in [1.82, 2.24) is 5.32 Å². The summed E-state index contributed by atoms with van der Waals surface area (Å²) in [6.07, 6.45) is -0.440. The first-order valence-corrected chi connectivity index (χ1v) is 5.68. The highest BCUT2D eigenvalue weighted by atomic mass is 16.5. The Morgan fingerprint density at radius 1 is 1.28 bits per heavy atom. The zero-order chi connectivity index (χ0) is 14.3. The first-order valence-electron chi connectivity index (χ1n) is 5.68. The van der Waals surface area contributed by atoms with Gasteiger partial charge in [0.05, 0.1) is 24.4 Å². The van der Waals surface area contributed by atoms with Crippen LogP contribution in [0, 0.1) is 5.92 Å². The maximum Gasteiger partial charge on any atom is 0.308 e. The maximum atomic E-state index is 11.4. The fourth-order valence-electron chi connectivity index (χ4n) is 1.05. The average molecular weight is 260 g/mol. The Morgan fingerprint density at radius 2 is 1.83 bits per heavy atom. The van der Waals surface area contributed by atoms with Crippen molar-refractivity contribution in [2.75, 3.05) is 6.61 Å². The Balaban J connectivity index is 4.00. The zero-order valence-corrected chi connectivity index (χ0v) is 10.8. The minimum Gasteiger partial charge on any atom is -0.481 e. The Bertz CT molecular complexity index is 317. The number of hydrogen-bond acceptors (Lipinski definition) is 5. The van der Waals surface area contributed by atoms with Crippen LogP contribution in [0.15, 0.2) is 0 Å². The van der Waals surface area contributed by atoms with E-state index in [1.54, 1.807) is 20.8 Å². The lowest BCUT2D eigenvalue weighted by Gasteiger charge is -2.17.